The molecule has 1 aromatic rings. The van der Waals surface area contributed by atoms with Crippen molar-refractivity contribution in [3.63, 3.8) is 0 Å². The van der Waals surface area contributed by atoms with Crippen LogP contribution in [0.4, 0.5) is 23.0 Å². The van der Waals surface area contributed by atoms with Crippen LogP contribution in [-0.2, 0) is 4.74 Å². The first-order valence-electron chi connectivity index (χ1n) is 5.30. The first-order valence-corrected chi connectivity index (χ1v) is 6.17. The van der Waals surface area contributed by atoms with Gasteiger partial charge in [0.1, 0.15) is 11.6 Å². The van der Waals surface area contributed by atoms with Crippen molar-refractivity contribution >= 4 is 28.3 Å². The Hall–Kier alpha value is -1.81. The summed E-state index contributed by atoms with van der Waals surface area (Å²) in [6, 6.07) is 0.611. The highest BCUT2D eigenvalue weighted by Crippen LogP contribution is 2.22. The van der Waals surface area contributed by atoms with Crippen LogP contribution in [0.15, 0.2) is 11.4 Å². The molecule has 0 aliphatic carbocycles. The zero-order valence-electron chi connectivity index (χ0n) is 9.99. The number of carbonyl (C=O) groups excluding carboxylic acids is 1. The highest BCUT2D eigenvalue weighted by atomic mass is 32.1. The van der Waals surface area contributed by atoms with Crippen molar-refractivity contribution in [2.75, 3.05) is 25.1 Å². The number of nitrogens with one attached hydrogen (secondary N) is 2. The van der Waals surface area contributed by atoms with E-state index in [0.29, 0.717) is 0 Å². The standard InChI is InChI=1S/C10H11F3N2O4S/c11-10(12,13)5-19-3-2-14-9(18)15-7-6(8(16)17)1-4-20-7/h1,4H,2-3,5H2,(H,16,17)(H2,14,15,18). The van der Waals surface area contributed by atoms with E-state index in [4.69, 9.17) is 5.11 Å². The third-order valence-corrected chi connectivity index (χ3v) is 2.75. The molecule has 0 aliphatic rings. The van der Waals surface area contributed by atoms with Gasteiger partial charge >= 0.3 is 18.2 Å². The van der Waals surface area contributed by atoms with Gasteiger partial charge in [-0.25, -0.2) is 9.59 Å². The van der Waals surface area contributed by atoms with Crippen LogP contribution >= 0.6 is 11.3 Å². The van der Waals surface area contributed by atoms with Gasteiger partial charge < -0.3 is 15.2 Å². The average Bonchev–Trinajstić information content (AvgIpc) is 2.75. The smallest absolute Gasteiger partial charge is 0.411 e. The summed E-state index contributed by atoms with van der Waals surface area (Å²) in [6.07, 6.45) is -4.41. The Morgan fingerprint density at radius 1 is 1.40 bits per heavy atom. The SMILES string of the molecule is O=C(NCCOCC(F)(F)F)Nc1sccc1C(=O)O. The molecule has 10 heteroatoms. The second kappa shape index (κ2) is 7.10. The number of aromatic carboxylic acids is 1. The molecular formula is C10H11F3N2O4S. The molecule has 0 saturated heterocycles. The third kappa shape index (κ3) is 5.89. The fraction of sp³-hybridized carbons (Fsp3) is 0.400. The summed E-state index contributed by atoms with van der Waals surface area (Å²) in [5.41, 5.74) is -0.0570. The molecule has 0 saturated carbocycles. The summed E-state index contributed by atoms with van der Waals surface area (Å²) in [7, 11) is 0. The van der Waals surface area contributed by atoms with Gasteiger partial charge in [0.2, 0.25) is 0 Å². The molecule has 1 rings (SSSR count). The van der Waals surface area contributed by atoms with Gasteiger partial charge in [-0.05, 0) is 11.4 Å². The molecule has 2 amide bonds. The van der Waals surface area contributed by atoms with Gasteiger partial charge in [0.25, 0.3) is 0 Å². The number of alkyl halides is 3. The number of hydrogen-bond acceptors (Lipinski definition) is 4. The molecule has 0 fully saturated rings. The molecule has 6 nitrogen and oxygen atoms in total. The van der Waals surface area contributed by atoms with Gasteiger partial charge in [0.15, 0.2) is 0 Å². The van der Waals surface area contributed by atoms with Crippen LogP contribution in [0.25, 0.3) is 0 Å². The number of carboxylic acid groups (broad SMARTS) is 1. The molecule has 0 aliphatic heterocycles. The zero-order chi connectivity index (χ0) is 15.2. The number of rotatable bonds is 6. The lowest BCUT2D eigenvalue weighted by molar-refractivity contribution is -0.173. The minimum Gasteiger partial charge on any atom is -0.478 e. The summed E-state index contributed by atoms with van der Waals surface area (Å²) >= 11 is 1.02. The maximum absolute atomic E-state index is 11.7. The van der Waals surface area contributed by atoms with Crippen molar-refractivity contribution in [3.05, 3.63) is 17.0 Å². The largest absolute Gasteiger partial charge is 0.478 e. The lowest BCUT2D eigenvalue weighted by Gasteiger charge is -2.09. The van der Waals surface area contributed by atoms with Crippen molar-refractivity contribution in [3.8, 4) is 0 Å². The molecule has 20 heavy (non-hydrogen) atoms. The summed E-state index contributed by atoms with van der Waals surface area (Å²) in [6.45, 7) is -1.82. The van der Waals surface area contributed by atoms with Gasteiger partial charge in [0.05, 0.1) is 12.2 Å². The molecule has 3 N–H and O–H groups in total. The normalized spacial score (nSPS) is 11.2. The second-order valence-electron chi connectivity index (χ2n) is 3.52. The number of thiophene rings is 1. The van der Waals surface area contributed by atoms with Crippen LogP contribution in [-0.4, -0.2) is 43.0 Å². The van der Waals surface area contributed by atoms with Crippen LogP contribution in [0, 0.1) is 0 Å². The number of carbonyl (C=O) groups is 2. The van der Waals surface area contributed by atoms with E-state index in [0.717, 1.165) is 11.3 Å². The van der Waals surface area contributed by atoms with Crippen molar-refractivity contribution in [1.29, 1.82) is 0 Å². The highest BCUT2D eigenvalue weighted by Gasteiger charge is 2.27. The monoisotopic (exact) mass is 312 g/mol. The number of hydrogen-bond donors (Lipinski definition) is 3. The van der Waals surface area contributed by atoms with Crippen molar-refractivity contribution in [1.82, 2.24) is 5.32 Å². The Labute approximate surface area is 115 Å². The molecular weight excluding hydrogens is 301 g/mol. The number of urea groups is 1. The van der Waals surface area contributed by atoms with Crippen LogP contribution in [0.2, 0.25) is 0 Å². The lowest BCUT2D eigenvalue weighted by Crippen LogP contribution is -2.32. The Balaban J connectivity index is 2.27. The Morgan fingerprint density at radius 2 is 2.10 bits per heavy atom. The van der Waals surface area contributed by atoms with E-state index in [2.05, 4.69) is 15.4 Å². The van der Waals surface area contributed by atoms with Crippen LogP contribution in [0.1, 0.15) is 10.4 Å². The topological polar surface area (TPSA) is 87.7 Å². The van der Waals surface area contributed by atoms with E-state index in [-0.39, 0.29) is 23.7 Å². The number of ether oxygens (including phenoxy) is 1. The summed E-state index contributed by atoms with van der Waals surface area (Å²) in [4.78, 5) is 22.1. The van der Waals surface area contributed by atoms with Crippen LogP contribution < -0.4 is 10.6 Å². The molecule has 1 heterocycles. The molecule has 1 aromatic heterocycles. The van der Waals surface area contributed by atoms with E-state index in [1.54, 1.807) is 0 Å². The maximum atomic E-state index is 11.7. The van der Waals surface area contributed by atoms with Gasteiger partial charge in [-0.2, -0.15) is 13.2 Å². The lowest BCUT2D eigenvalue weighted by atomic mass is 10.3. The fourth-order valence-electron chi connectivity index (χ4n) is 1.15. The third-order valence-electron chi connectivity index (χ3n) is 1.92. The molecule has 0 radical (unpaired) electrons. The molecule has 0 bridgehead atoms. The quantitative estimate of drug-likeness (QED) is 0.702. The van der Waals surface area contributed by atoms with Gasteiger partial charge in [-0.1, -0.05) is 0 Å². The van der Waals surface area contributed by atoms with Gasteiger partial charge in [0, 0.05) is 6.54 Å². The molecule has 0 atom stereocenters. The van der Waals surface area contributed by atoms with E-state index in [1.165, 1.54) is 11.4 Å². The molecule has 0 unspecified atom stereocenters. The summed E-state index contributed by atoms with van der Waals surface area (Å²) in [5.74, 6) is -1.19. The van der Waals surface area contributed by atoms with Crippen LogP contribution in [0.3, 0.4) is 0 Å². The first-order chi connectivity index (χ1) is 9.29. The predicted octanol–water partition coefficient (Wildman–Crippen LogP) is 2.15. The molecule has 0 aromatic carbocycles. The van der Waals surface area contributed by atoms with E-state index < -0.39 is 24.8 Å². The average molecular weight is 312 g/mol. The fourth-order valence-corrected chi connectivity index (χ4v) is 1.92. The number of amides is 2. The Kier molecular flexibility index (Phi) is 5.77. The number of carboxylic acids is 1. The predicted molar refractivity (Wildman–Crippen MR) is 65.2 cm³/mol. The number of halogens is 3. The van der Waals surface area contributed by atoms with Crippen LogP contribution in [0.5, 0.6) is 0 Å². The number of anilines is 1. The van der Waals surface area contributed by atoms with Crippen molar-refractivity contribution in [2.24, 2.45) is 0 Å². The molecule has 112 valence electrons. The summed E-state index contributed by atoms with van der Waals surface area (Å²) < 4.78 is 39.5. The van der Waals surface area contributed by atoms with Gasteiger partial charge in [-0.15, -0.1) is 11.3 Å². The van der Waals surface area contributed by atoms with E-state index >= 15 is 0 Å². The van der Waals surface area contributed by atoms with Crippen molar-refractivity contribution < 1.29 is 32.6 Å². The van der Waals surface area contributed by atoms with E-state index in [1.807, 2.05) is 0 Å². The Bertz CT molecular complexity index is 475. The minimum atomic E-state index is -4.41. The van der Waals surface area contributed by atoms with E-state index in [9.17, 15) is 22.8 Å². The molecule has 0 spiro atoms. The minimum absolute atomic E-state index is 0.0570. The first kappa shape index (κ1) is 16.2. The van der Waals surface area contributed by atoms with Gasteiger partial charge in [-0.3, -0.25) is 5.32 Å². The van der Waals surface area contributed by atoms with Crippen molar-refractivity contribution in [2.45, 2.75) is 6.18 Å². The highest BCUT2D eigenvalue weighted by molar-refractivity contribution is 7.14. The maximum Gasteiger partial charge on any atom is 0.411 e. The Morgan fingerprint density at radius 3 is 2.70 bits per heavy atom. The summed E-state index contributed by atoms with van der Waals surface area (Å²) in [5, 5.41) is 15.0. The zero-order valence-corrected chi connectivity index (χ0v) is 10.8. The second-order valence-corrected chi connectivity index (χ2v) is 4.43.